The van der Waals surface area contributed by atoms with Gasteiger partial charge in [-0.05, 0) is 37.1 Å². The molecule has 2 heterocycles. The SMILES string of the molecule is Cc1cc(C(=O)N[C@@H]2CC(=O)N(CCc3cccc(Cl)c3)C2)n[nH]1. The first kappa shape index (κ1) is 16.5. The van der Waals surface area contributed by atoms with Gasteiger partial charge in [0.15, 0.2) is 0 Å². The number of likely N-dealkylation sites (tertiary alicyclic amines) is 1. The second-order valence-corrected chi connectivity index (χ2v) is 6.47. The number of hydrogen-bond donors (Lipinski definition) is 2. The van der Waals surface area contributed by atoms with E-state index in [1.54, 1.807) is 11.0 Å². The Hall–Kier alpha value is -2.34. The Labute approximate surface area is 145 Å². The maximum atomic E-state index is 12.1. The van der Waals surface area contributed by atoms with Crippen molar-refractivity contribution in [1.29, 1.82) is 0 Å². The first-order valence-corrected chi connectivity index (χ1v) is 8.24. The Balaban J connectivity index is 1.53. The van der Waals surface area contributed by atoms with E-state index in [1.807, 2.05) is 31.2 Å². The Morgan fingerprint density at radius 3 is 3.00 bits per heavy atom. The van der Waals surface area contributed by atoms with Gasteiger partial charge in [-0.15, -0.1) is 0 Å². The molecule has 1 aliphatic rings. The second kappa shape index (κ2) is 7.05. The van der Waals surface area contributed by atoms with Crippen molar-refractivity contribution >= 4 is 23.4 Å². The van der Waals surface area contributed by atoms with Gasteiger partial charge in [-0.1, -0.05) is 23.7 Å². The van der Waals surface area contributed by atoms with Gasteiger partial charge in [-0.3, -0.25) is 14.7 Å². The number of aromatic nitrogens is 2. The minimum Gasteiger partial charge on any atom is -0.346 e. The van der Waals surface area contributed by atoms with E-state index in [0.717, 1.165) is 17.7 Å². The minimum atomic E-state index is -0.256. The molecule has 1 aliphatic heterocycles. The van der Waals surface area contributed by atoms with E-state index in [4.69, 9.17) is 11.6 Å². The highest BCUT2D eigenvalue weighted by molar-refractivity contribution is 6.30. The van der Waals surface area contributed by atoms with Crippen LogP contribution in [0.4, 0.5) is 0 Å². The molecule has 2 aromatic rings. The predicted molar refractivity (Wildman–Crippen MR) is 90.9 cm³/mol. The van der Waals surface area contributed by atoms with Crippen LogP contribution in [0.1, 0.15) is 28.2 Å². The van der Waals surface area contributed by atoms with Gasteiger partial charge in [-0.25, -0.2) is 0 Å². The molecule has 126 valence electrons. The number of rotatable bonds is 5. The predicted octanol–water partition coefficient (Wildman–Crippen LogP) is 1.94. The van der Waals surface area contributed by atoms with Gasteiger partial charge in [0.1, 0.15) is 5.69 Å². The van der Waals surface area contributed by atoms with Crippen LogP contribution < -0.4 is 5.32 Å². The van der Waals surface area contributed by atoms with Crippen molar-refractivity contribution in [2.45, 2.75) is 25.8 Å². The summed E-state index contributed by atoms with van der Waals surface area (Å²) < 4.78 is 0. The molecule has 2 amide bonds. The van der Waals surface area contributed by atoms with E-state index in [-0.39, 0.29) is 17.9 Å². The van der Waals surface area contributed by atoms with Crippen LogP contribution in [-0.2, 0) is 11.2 Å². The lowest BCUT2D eigenvalue weighted by molar-refractivity contribution is -0.127. The van der Waals surface area contributed by atoms with Crippen LogP contribution in [-0.4, -0.2) is 46.0 Å². The summed E-state index contributed by atoms with van der Waals surface area (Å²) in [6.07, 6.45) is 1.07. The van der Waals surface area contributed by atoms with Crippen LogP contribution in [0.15, 0.2) is 30.3 Å². The maximum absolute atomic E-state index is 12.1. The summed E-state index contributed by atoms with van der Waals surface area (Å²) in [7, 11) is 0. The second-order valence-electron chi connectivity index (χ2n) is 6.03. The molecule has 2 N–H and O–H groups in total. The summed E-state index contributed by atoms with van der Waals surface area (Å²) in [5, 5.41) is 10.2. The Morgan fingerprint density at radius 2 is 2.29 bits per heavy atom. The topological polar surface area (TPSA) is 78.1 Å². The van der Waals surface area contributed by atoms with Crippen molar-refractivity contribution in [3.8, 4) is 0 Å². The number of benzene rings is 1. The molecule has 6 nitrogen and oxygen atoms in total. The number of nitrogens with zero attached hydrogens (tertiary/aromatic N) is 2. The third-order valence-electron chi connectivity index (χ3n) is 4.05. The molecular weight excluding hydrogens is 328 g/mol. The van der Waals surface area contributed by atoms with Crippen LogP contribution in [0, 0.1) is 6.92 Å². The van der Waals surface area contributed by atoms with E-state index < -0.39 is 0 Å². The number of carbonyl (C=O) groups excluding carboxylic acids is 2. The summed E-state index contributed by atoms with van der Waals surface area (Å²) in [6.45, 7) is 2.97. The Kier molecular flexibility index (Phi) is 4.85. The molecule has 3 rings (SSSR count). The Bertz CT molecular complexity index is 759. The van der Waals surface area contributed by atoms with Crippen molar-refractivity contribution in [2.75, 3.05) is 13.1 Å². The molecule has 0 unspecified atom stereocenters. The average Bonchev–Trinajstić information content (AvgIpc) is 3.11. The molecule has 0 aliphatic carbocycles. The fourth-order valence-corrected chi connectivity index (χ4v) is 3.05. The van der Waals surface area contributed by atoms with E-state index >= 15 is 0 Å². The number of H-pyrrole nitrogens is 1. The van der Waals surface area contributed by atoms with Crippen molar-refractivity contribution in [2.24, 2.45) is 0 Å². The summed E-state index contributed by atoms with van der Waals surface area (Å²) in [4.78, 5) is 26.0. The fourth-order valence-electron chi connectivity index (χ4n) is 2.84. The molecule has 7 heteroatoms. The van der Waals surface area contributed by atoms with E-state index in [2.05, 4.69) is 15.5 Å². The lowest BCUT2D eigenvalue weighted by Gasteiger charge is -2.17. The van der Waals surface area contributed by atoms with Crippen molar-refractivity contribution in [1.82, 2.24) is 20.4 Å². The zero-order valence-corrected chi connectivity index (χ0v) is 14.1. The van der Waals surface area contributed by atoms with Gasteiger partial charge in [0.05, 0.1) is 6.04 Å². The fraction of sp³-hybridized carbons (Fsp3) is 0.353. The normalized spacial score (nSPS) is 17.3. The largest absolute Gasteiger partial charge is 0.346 e. The first-order chi connectivity index (χ1) is 11.5. The number of amides is 2. The minimum absolute atomic E-state index is 0.0561. The van der Waals surface area contributed by atoms with Crippen LogP contribution in [0.5, 0.6) is 0 Å². The molecule has 1 aromatic heterocycles. The molecule has 0 spiro atoms. The first-order valence-electron chi connectivity index (χ1n) is 7.86. The molecule has 24 heavy (non-hydrogen) atoms. The number of nitrogens with one attached hydrogen (secondary N) is 2. The molecule has 1 saturated heterocycles. The smallest absolute Gasteiger partial charge is 0.272 e. The number of halogens is 1. The molecule has 1 aromatic carbocycles. The third kappa shape index (κ3) is 3.94. The molecule has 1 fully saturated rings. The third-order valence-corrected chi connectivity index (χ3v) is 4.28. The zero-order valence-electron chi connectivity index (χ0n) is 13.4. The van der Waals surface area contributed by atoms with E-state index in [0.29, 0.717) is 30.2 Å². The summed E-state index contributed by atoms with van der Waals surface area (Å²) in [5.41, 5.74) is 2.26. The number of hydrogen-bond acceptors (Lipinski definition) is 3. The van der Waals surface area contributed by atoms with Gasteiger partial charge < -0.3 is 10.2 Å². The lowest BCUT2D eigenvalue weighted by Crippen LogP contribution is -2.37. The van der Waals surface area contributed by atoms with Crippen LogP contribution in [0.3, 0.4) is 0 Å². The van der Waals surface area contributed by atoms with E-state index in [1.165, 1.54) is 0 Å². The standard InChI is InChI=1S/C17H19ClN4O2/c1-11-7-15(21-20-11)17(24)19-14-9-16(23)22(10-14)6-5-12-3-2-4-13(18)8-12/h2-4,7-8,14H,5-6,9-10H2,1H3,(H,19,24)(H,20,21)/t14-/m1/s1. The molecule has 0 saturated carbocycles. The molecule has 0 radical (unpaired) electrons. The summed E-state index contributed by atoms with van der Waals surface area (Å²) >= 11 is 5.97. The van der Waals surface area contributed by atoms with Crippen LogP contribution in [0.2, 0.25) is 5.02 Å². The van der Waals surface area contributed by atoms with E-state index in [9.17, 15) is 9.59 Å². The van der Waals surface area contributed by atoms with Gasteiger partial charge in [0, 0.05) is 30.2 Å². The van der Waals surface area contributed by atoms with Crippen molar-refractivity contribution < 1.29 is 9.59 Å². The van der Waals surface area contributed by atoms with Gasteiger partial charge in [-0.2, -0.15) is 5.10 Å². The zero-order chi connectivity index (χ0) is 17.1. The maximum Gasteiger partial charge on any atom is 0.272 e. The molecular formula is C17H19ClN4O2. The van der Waals surface area contributed by atoms with Crippen molar-refractivity contribution in [3.63, 3.8) is 0 Å². The van der Waals surface area contributed by atoms with Gasteiger partial charge in [0.2, 0.25) is 5.91 Å². The summed E-state index contributed by atoms with van der Waals surface area (Å²) in [6, 6.07) is 9.13. The van der Waals surface area contributed by atoms with Crippen LogP contribution >= 0.6 is 11.6 Å². The average molecular weight is 347 g/mol. The molecule has 0 bridgehead atoms. The Morgan fingerprint density at radius 1 is 1.46 bits per heavy atom. The highest BCUT2D eigenvalue weighted by Gasteiger charge is 2.30. The highest BCUT2D eigenvalue weighted by Crippen LogP contribution is 2.15. The number of aromatic amines is 1. The quantitative estimate of drug-likeness (QED) is 0.868. The van der Waals surface area contributed by atoms with Crippen LogP contribution in [0.25, 0.3) is 0 Å². The van der Waals surface area contributed by atoms with Gasteiger partial charge in [0.25, 0.3) is 5.91 Å². The summed E-state index contributed by atoms with van der Waals surface area (Å²) in [5.74, 6) is -0.200. The monoisotopic (exact) mass is 346 g/mol. The van der Waals surface area contributed by atoms with Crippen molar-refractivity contribution in [3.05, 3.63) is 52.3 Å². The number of aryl methyl sites for hydroxylation is 1. The highest BCUT2D eigenvalue weighted by atomic mass is 35.5. The van der Waals surface area contributed by atoms with Gasteiger partial charge >= 0.3 is 0 Å². The molecule has 1 atom stereocenters. The lowest BCUT2D eigenvalue weighted by atomic mass is 10.1. The number of carbonyl (C=O) groups is 2.